The van der Waals surface area contributed by atoms with Gasteiger partial charge in [0.2, 0.25) is 0 Å². The number of rotatable bonds is 5. The smallest absolute Gasteiger partial charge is 0.305 e. The fourth-order valence-corrected chi connectivity index (χ4v) is 2.12. The summed E-state index contributed by atoms with van der Waals surface area (Å²) >= 11 is 0. The van der Waals surface area contributed by atoms with E-state index in [1.807, 2.05) is 6.92 Å². The Labute approximate surface area is 92.8 Å². The van der Waals surface area contributed by atoms with Crippen molar-refractivity contribution in [1.29, 1.82) is 0 Å². The van der Waals surface area contributed by atoms with Crippen molar-refractivity contribution in [2.24, 2.45) is 5.92 Å². The summed E-state index contributed by atoms with van der Waals surface area (Å²) in [7, 11) is 2.18. The average Bonchev–Trinajstić information content (AvgIpc) is 2.21. The molecule has 3 nitrogen and oxygen atoms in total. The summed E-state index contributed by atoms with van der Waals surface area (Å²) in [6.07, 6.45) is 5.36. The van der Waals surface area contributed by atoms with Crippen LogP contribution in [-0.4, -0.2) is 37.6 Å². The Kier molecular flexibility index (Phi) is 5.69. The first-order chi connectivity index (χ1) is 7.22. The van der Waals surface area contributed by atoms with Crippen LogP contribution in [0, 0.1) is 5.92 Å². The van der Waals surface area contributed by atoms with E-state index < -0.39 is 0 Å². The van der Waals surface area contributed by atoms with Crippen molar-refractivity contribution in [2.75, 3.05) is 26.7 Å². The first kappa shape index (κ1) is 12.5. The monoisotopic (exact) mass is 213 g/mol. The predicted octanol–water partition coefficient (Wildman–Crippen LogP) is 2.06. The lowest BCUT2D eigenvalue weighted by Gasteiger charge is -2.28. The van der Waals surface area contributed by atoms with E-state index in [9.17, 15) is 4.79 Å². The zero-order chi connectivity index (χ0) is 11.1. The van der Waals surface area contributed by atoms with Gasteiger partial charge < -0.3 is 9.64 Å². The Morgan fingerprint density at radius 2 is 2.07 bits per heavy atom. The summed E-state index contributed by atoms with van der Waals surface area (Å²) in [5.41, 5.74) is 0. The highest BCUT2D eigenvalue weighted by Crippen LogP contribution is 2.21. The van der Waals surface area contributed by atoms with Crippen LogP contribution in [0.4, 0.5) is 0 Å². The summed E-state index contributed by atoms with van der Waals surface area (Å²) in [4.78, 5) is 13.5. The summed E-state index contributed by atoms with van der Waals surface area (Å²) in [5, 5.41) is 0. The van der Waals surface area contributed by atoms with Gasteiger partial charge in [0.25, 0.3) is 0 Å². The molecule has 1 aliphatic heterocycles. The maximum absolute atomic E-state index is 11.1. The van der Waals surface area contributed by atoms with Crippen LogP contribution in [0.1, 0.15) is 39.0 Å². The fraction of sp³-hybridized carbons (Fsp3) is 0.917. The predicted molar refractivity (Wildman–Crippen MR) is 60.7 cm³/mol. The number of esters is 1. The molecule has 1 fully saturated rings. The van der Waals surface area contributed by atoms with E-state index in [0.29, 0.717) is 13.0 Å². The summed E-state index contributed by atoms with van der Waals surface area (Å²) in [6, 6.07) is 0. The molecule has 15 heavy (non-hydrogen) atoms. The maximum atomic E-state index is 11.1. The van der Waals surface area contributed by atoms with Gasteiger partial charge in [-0.1, -0.05) is 0 Å². The second kappa shape index (κ2) is 6.83. The molecular weight excluding hydrogens is 190 g/mol. The van der Waals surface area contributed by atoms with Crippen molar-refractivity contribution in [3.8, 4) is 0 Å². The number of ether oxygens (including phenoxy) is 1. The standard InChI is InChI=1S/C12H23NO2/c1-3-15-12(14)6-4-5-11-7-9-13(2)10-8-11/h11H,3-10H2,1-2H3. The summed E-state index contributed by atoms with van der Waals surface area (Å²) in [5.74, 6) is 0.793. The van der Waals surface area contributed by atoms with Crippen LogP contribution in [0.5, 0.6) is 0 Å². The molecule has 0 atom stereocenters. The lowest BCUT2D eigenvalue weighted by molar-refractivity contribution is -0.143. The molecule has 1 rings (SSSR count). The number of nitrogens with zero attached hydrogens (tertiary/aromatic N) is 1. The molecule has 0 spiro atoms. The van der Waals surface area contributed by atoms with Crippen molar-refractivity contribution >= 4 is 5.97 Å². The van der Waals surface area contributed by atoms with Crippen LogP contribution in [-0.2, 0) is 9.53 Å². The van der Waals surface area contributed by atoms with Crippen LogP contribution in [0.15, 0.2) is 0 Å². The lowest BCUT2D eigenvalue weighted by Crippen LogP contribution is -2.30. The molecule has 1 heterocycles. The van der Waals surface area contributed by atoms with Gasteiger partial charge in [0, 0.05) is 6.42 Å². The molecule has 0 saturated carbocycles. The van der Waals surface area contributed by atoms with E-state index in [4.69, 9.17) is 4.74 Å². The van der Waals surface area contributed by atoms with Gasteiger partial charge in [-0.05, 0) is 58.7 Å². The van der Waals surface area contributed by atoms with Crippen molar-refractivity contribution in [3.05, 3.63) is 0 Å². The molecule has 88 valence electrons. The second-order valence-electron chi connectivity index (χ2n) is 4.44. The minimum atomic E-state index is -0.0366. The molecule has 0 bridgehead atoms. The maximum Gasteiger partial charge on any atom is 0.305 e. The van der Waals surface area contributed by atoms with Crippen LogP contribution >= 0.6 is 0 Å². The van der Waals surface area contributed by atoms with Crippen LogP contribution in [0.3, 0.4) is 0 Å². The molecule has 0 amide bonds. The molecule has 0 aromatic carbocycles. The van der Waals surface area contributed by atoms with Crippen LogP contribution in [0.2, 0.25) is 0 Å². The zero-order valence-electron chi connectivity index (χ0n) is 10.00. The Morgan fingerprint density at radius 1 is 1.40 bits per heavy atom. The summed E-state index contributed by atoms with van der Waals surface area (Å²) in [6.45, 7) is 4.79. The molecule has 1 saturated heterocycles. The number of hydrogen-bond acceptors (Lipinski definition) is 3. The molecule has 0 N–H and O–H groups in total. The van der Waals surface area contributed by atoms with Crippen molar-refractivity contribution < 1.29 is 9.53 Å². The lowest BCUT2D eigenvalue weighted by atomic mass is 9.92. The van der Waals surface area contributed by atoms with Crippen LogP contribution in [0.25, 0.3) is 0 Å². The number of carbonyl (C=O) groups is 1. The van der Waals surface area contributed by atoms with Crippen molar-refractivity contribution in [3.63, 3.8) is 0 Å². The fourth-order valence-electron chi connectivity index (χ4n) is 2.12. The number of likely N-dealkylation sites (tertiary alicyclic amines) is 1. The van der Waals surface area contributed by atoms with Gasteiger partial charge in [0.1, 0.15) is 0 Å². The van der Waals surface area contributed by atoms with Gasteiger partial charge in [0.15, 0.2) is 0 Å². The van der Waals surface area contributed by atoms with E-state index in [1.165, 1.54) is 32.4 Å². The molecular formula is C12H23NO2. The largest absolute Gasteiger partial charge is 0.466 e. The summed E-state index contributed by atoms with van der Waals surface area (Å²) < 4.78 is 4.90. The third-order valence-corrected chi connectivity index (χ3v) is 3.14. The second-order valence-corrected chi connectivity index (χ2v) is 4.44. The highest BCUT2D eigenvalue weighted by atomic mass is 16.5. The van der Waals surface area contributed by atoms with Gasteiger partial charge in [0.05, 0.1) is 6.61 Å². The molecule has 0 unspecified atom stereocenters. The van der Waals surface area contributed by atoms with Crippen molar-refractivity contribution in [1.82, 2.24) is 4.90 Å². The first-order valence-electron chi connectivity index (χ1n) is 6.06. The SMILES string of the molecule is CCOC(=O)CCCC1CCN(C)CC1. The van der Waals surface area contributed by atoms with E-state index in [2.05, 4.69) is 11.9 Å². The van der Waals surface area contributed by atoms with Gasteiger partial charge in [-0.3, -0.25) is 4.79 Å². The first-order valence-corrected chi connectivity index (χ1v) is 6.06. The highest BCUT2D eigenvalue weighted by Gasteiger charge is 2.16. The number of carbonyl (C=O) groups excluding carboxylic acids is 1. The van der Waals surface area contributed by atoms with E-state index in [0.717, 1.165) is 12.3 Å². The average molecular weight is 213 g/mol. The molecule has 1 aliphatic rings. The highest BCUT2D eigenvalue weighted by molar-refractivity contribution is 5.69. The van der Waals surface area contributed by atoms with E-state index in [-0.39, 0.29) is 5.97 Å². The third kappa shape index (κ3) is 5.17. The van der Waals surface area contributed by atoms with Gasteiger partial charge in [-0.2, -0.15) is 0 Å². The Morgan fingerprint density at radius 3 is 2.67 bits per heavy atom. The van der Waals surface area contributed by atoms with Crippen LogP contribution < -0.4 is 0 Å². The third-order valence-electron chi connectivity index (χ3n) is 3.14. The molecule has 3 heteroatoms. The van der Waals surface area contributed by atoms with Crippen molar-refractivity contribution in [2.45, 2.75) is 39.0 Å². The van der Waals surface area contributed by atoms with E-state index in [1.54, 1.807) is 0 Å². The minimum absolute atomic E-state index is 0.0366. The van der Waals surface area contributed by atoms with Gasteiger partial charge >= 0.3 is 5.97 Å². The molecule has 0 aliphatic carbocycles. The Balaban J connectivity index is 2.02. The number of hydrogen-bond donors (Lipinski definition) is 0. The van der Waals surface area contributed by atoms with E-state index >= 15 is 0 Å². The Bertz CT molecular complexity index is 186. The molecule has 0 aromatic heterocycles. The number of piperidine rings is 1. The quantitative estimate of drug-likeness (QED) is 0.655. The van der Waals surface area contributed by atoms with Gasteiger partial charge in [-0.15, -0.1) is 0 Å². The molecule has 0 aromatic rings. The minimum Gasteiger partial charge on any atom is -0.466 e. The normalized spacial score (nSPS) is 19.1. The zero-order valence-corrected chi connectivity index (χ0v) is 10.00. The topological polar surface area (TPSA) is 29.5 Å². The Hall–Kier alpha value is -0.570. The van der Waals surface area contributed by atoms with Gasteiger partial charge in [-0.25, -0.2) is 0 Å². The molecule has 0 radical (unpaired) electrons.